The highest BCUT2D eigenvalue weighted by atomic mass is 35.5. The van der Waals surface area contributed by atoms with E-state index >= 15 is 0 Å². The van der Waals surface area contributed by atoms with E-state index in [1.54, 1.807) is 6.20 Å². The third-order valence-electron chi connectivity index (χ3n) is 2.73. The Balaban J connectivity index is 2.00. The predicted octanol–water partition coefficient (Wildman–Crippen LogP) is 3.42. The lowest BCUT2D eigenvalue weighted by molar-refractivity contribution is 0.302. The molecule has 1 N–H and O–H groups in total. The highest BCUT2D eigenvalue weighted by Gasteiger charge is 2.03. The molecule has 3 nitrogen and oxygen atoms in total. The largest absolute Gasteiger partial charge is 0.488 e. The van der Waals surface area contributed by atoms with E-state index in [1.165, 1.54) is 0 Å². The lowest BCUT2D eigenvalue weighted by atomic mass is 10.2. The molecule has 1 aromatic heterocycles. The van der Waals surface area contributed by atoms with Gasteiger partial charge >= 0.3 is 0 Å². The summed E-state index contributed by atoms with van der Waals surface area (Å²) in [6, 6.07) is 9.56. The predicted molar refractivity (Wildman–Crippen MR) is 77.4 cm³/mol. The Morgan fingerprint density at radius 3 is 2.74 bits per heavy atom. The zero-order valence-electron chi connectivity index (χ0n) is 10.9. The van der Waals surface area contributed by atoms with E-state index in [1.807, 2.05) is 36.5 Å². The summed E-state index contributed by atoms with van der Waals surface area (Å²) in [6.45, 7) is 4.29. The van der Waals surface area contributed by atoms with Gasteiger partial charge in [0.15, 0.2) is 0 Å². The number of benzene rings is 1. The van der Waals surface area contributed by atoms with Crippen LogP contribution < -0.4 is 10.1 Å². The third-order valence-corrected chi connectivity index (χ3v) is 2.98. The fourth-order valence-corrected chi connectivity index (χ4v) is 1.82. The van der Waals surface area contributed by atoms with Crippen molar-refractivity contribution in [2.75, 3.05) is 6.54 Å². The summed E-state index contributed by atoms with van der Waals surface area (Å²) in [5.74, 6) is 0.867. The van der Waals surface area contributed by atoms with Crippen LogP contribution in [-0.2, 0) is 13.2 Å². The first kappa shape index (κ1) is 13.8. The number of aromatic nitrogens is 1. The third kappa shape index (κ3) is 4.23. The second kappa shape index (κ2) is 7.12. The number of hydrogen-bond acceptors (Lipinski definition) is 3. The molecule has 1 heterocycles. The molecule has 100 valence electrons. The highest BCUT2D eigenvalue weighted by molar-refractivity contribution is 6.30. The van der Waals surface area contributed by atoms with Gasteiger partial charge in [-0.05, 0) is 30.3 Å². The van der Waals surface area contributed by atoms with Gasteiger partial charge in [-0.15, -0.1) is 0 Å². The molecule has 2 aromatic rings. The standard InChI is InChI=1S/C15H17ClN2O/c1-2-17-9-13-10-18-8-7-15(13)19-11-12-3-5-14(16)6-4-12/h3-8,10,17H,2,9,11H2,1H3. The average Bonchev–Trinajstić information content (AvgIpc) is 2.45. The lowest BCUT2D eigenvalue weighted by Crippen LogP contribution is -2.13. The van der Waals surface area contributed by atoms with Crippen LogP contribution in [0.1, 0.15) is 18.1 Å². The number of hydrogen-bond donors (Lipinski definition) is 1. The SMILES string of the molecule is CCNCc1cnccc1OCc1ccc(Cl)cc1. The molecule has 0 saturated carbocycles. The van der Waals surface area contributed by atoms with Gasteiger partial charge in [-0.1, -0.05) is 30.7 Å². The Hall–Kier alpha value is -1.58. The van der Waals surface area contributed by atoms with Gasteiger partial charge < -0.3 is 10.1 Å². The van der Waals surface area contributed by atoms with Crippen molar-refractivity contribution in [3.8, 4) is 5.75 Å². The minimum Gasteiger partial charge on any atom is -0.488 e. The number of ether oxygens (including phenoxy) is 1. The van der Waals surface area contributed by atoms with Crippen LogP contribution in [0.2, 0.25) is 5.02 Å². The summed E-state index contributed by atoms with van der Waals surface area (Å²) in [5, 5.41) is 4.01. The Morgan fingerprint density at radius 2 is 2.00 bits per heavy atom. The van der Waals surface area contributed by atoms with Crippen LogP contribution in [0, 0.1) is 0 Å². The normalized spacial score (nSPS) is 10.4. The minimum atomic E-state index is 0.528. The first-order chi connectivity index (χ1) is 9.29. The molecule has 0 bridgehead atoms. The van der Waals surface area contributed by atoms with Crippen LogP contribution >= 0.6 is 11.6 Å². The Morgan fingerprint density at radius 1 is 1.21 bits per heavy atom. The quantitative estimate of drug-likeness (QED) is 0.878. The zero-order valence-corrected chi connectivity index (χ0v) is 11.7. The molecule has 0 aliphatic rings. The van der Waals surface area contributed by atoms with Crippen LogP contribution in [0.3, 0.4) is 0 Å². The van der Waals surface area contributed by atoms with Gasteiger partial charge in [-0.3, -0.25) is 4.98 Å². The summed E-state index contributed by atoms with van der Waals surface area (Å²) >= 11 is 5.85. The molecule has 0 unspecified atom stereocenters. The fraction of sp³-hybridized carbons (Fsp3) is 0.267. The van der Waals surface area contributed by atoms with Gasteiger partial charge in [0.2, 0.25) is 0 Å². The highest BCUT2D eigenvalue weighted by Crippen LogP contribution is 2.18. The second-order valence-corrected chi connectivity index (χ2v) is 4.62. The number of rotatable bonds is 6. The number of nitrogens with one attached hydrogen (secondary N) is 1. The van der Waals surface area contributed by atoms with Crippen LogP contribution in [0.25, 0.3) is 0 Å². The summed E-state index contributed by atoms with van der Waals surface area (Å²) in [5.41, 5.74) is 2.16. The van der Waals surface area contributed by atoms with E-state index in [-0.39, 0.29) is 0 Å². The Labute approximate surface area is 118 Å². The maximum absolute atomic E-state index is 5.85. The fourth-order valence-electron chi connectivity index (χ4n) is 1.69. The molecule has 0 amide bonds. The molecule has 4 heteroatoms. The van der Waals surface area contributed by atoms with Crippen LogP contribution in [0.15, 0.2) is 42.7 Å². The van der Waals surface area contributed by atoms with Crippen LogP contribution in [0.5, 0.6) is 5.75 Å². The first-order valence-corrected chi connectivity index (χ1v) is 6.68. The van der Waals surface area contributed by atoms with Crippen molar-refractivity contribution < 1.29 is 4.74 Å². The van der Waals surface area contributed by atoms with Crippen LogP contribution in [-0.4, -0.2) is 11.5 Å². The second-order valence-electron chi connectivity index (χ2n) is 4.18. The smallest absolute Gasteiger partial charge is 0.127 e. The molecular formula is C15H17ClN2O. The number of nitrogens with zero attached hydrogens (tertiary/aromatic N) is 1. The molecule has 0 saturated heterocycles. The Kier molecular flexibility index (Phi) is 5.19. The zero-order chi connectivity index (χ0) is 13.5. The van der Waals surface area contributed by atoms with E-state index in [0.717, 1.165) is 35.0 Å². The van der Waals surface area contributed by atoms with Crippen molar-refractivity contribution in [1.82, 2.24) is 10.3 Å². The van der Waals surface area contributed by atoms with Crippen LogP contribution in [0.4, 0.5) is 0 Å². The van der Waals surface area contributed by atoms with E-state index in [9.17, 15) is 0 Å². The van der Waals surface area contributed by atoms with Crippen molar-refractivity contribution in [1.29, 1.82) is 0 Å². The van der Waals surface area contributed by atoms with Crippen molar-refractivity contribution in [2.45, 2.75) is 20.1 Å². The average molecular weight is 277 g/mol. The van der Waals surface area contributed by atoms with Gasteiger partial charge in [-0.25, -0.2) is 0 Å². The van der Waals surface area contributed by atoms with E-state index in [2.05, 4.69) is 17.2 Å². The number of halogens is 1. The molecular weight excluding hydrogens is 260 g/mol. The van der Waals surface area contributed by atoms with Gasteiger partial charge in [0.25, 0.3) is 0 Å². The van der Waals surface area contributed by atoms with Crippen molar-refractivity contribution in [3.63, 3.8) is 0 Å². The molecule has 0 fully saturated rings. The molecule has 0 atom stereocenters. The van der Waals surface area contributed by atoms with E-state index in [4.69, 9.17) is 16.3 Å². The minimum absolute atomic E-state index is 0.528. The summed E-state index contributed by atoms with van der Waals surface area (Å²) in [7, 11) is 0. The maximum Gasteiger partial charge on any atom is 0.127 e. The topological polar surface area (TPSA) is 34.2 Å². The van der Waals surface area contributed by atoms with E-state index in [0.29, 0.717) is 6.61 Å². The van der Waals surface area contributed by atoms with Crippen molar-refractivity contribution in [3.05, 3.63) is 58.9 Å². The molecule has 1 aromatic carbocycles. The van der Waals surface area contributed by atoms with Gasteiger partial charge in [0, 0.05) is 29.5 Å². The van der Waals surface area contributed by atoms with Gasteiger partial charge in [0.05, 0.1) is 0 Å². The summed E-state index contributed by atoms with van der Waals surface area (Å²) in [6.07, 6.45) is 3.58. The van der Waals surface area contributed by atoms with Gasteiger partial charge in [0.1, 0.15) is 12.4 Å². The molecule has 0 aliphatic heterocycles. The lowest BCUT2D eigenvalue weighted by Gasteiger charge is -2.11. The molecule has 0 spiro atoms. The van der Waals surface area contributed by atoms with Gasteiger partial charge in [-0.2, -0.15) is 0 Å². The van der Waals surface area contributed by atoms with Crippen molar-refractivity contribution >= 4 is 11.6 Å². The molecule has 2 rings (SSSR count). The Bertz CT molecular complexity index is 514. The molecule has 19 heavy (non-hydrogen) atoms. The van der Waals surface area contributed by atoms with E-state index < -0.39 is 0 Å². The first-order valence-electron chi connectivity index (χ1n) is 6.30. The summed E-state index contributed by atoms with van der Waals surface area (Å²) < 4.78 is 5.84. The maximum atomic E-state index is 5.85. The summed E-state index contributed by atoms with van der Waals surface area (Å²) in [4.78, 5) is 4.13. The van der Waals surface area contributed by atoms with Crippen molar-refractivity contribution in [2.24, 2.45) is 0 Å². The molecule has 0 aliphatic carbocycles. The monoisotopic (exact) mass is 276 g/mol. The number of pyridine rings is 1. The molecule has 0 radical (unpaired) electrons.